The Bertz CT molecular complexity index is 977. The molecule has 2 saturated heterocycles. The minimum atomic E-state index is -1.87. The lowest BCUT2D eigenvalue weighted by Crippen LogP contribution is -2.50. The molecule has 2 aliphatic heterocycles. The first-order valence-corrected chi connectivity index (χ1v) is 15.7. The summed E-state index contributed by atoms with van der Waals surface area (Å²) >= 11 is 0. The number of hydrogen-bond acceptors (Lipinski definition) is 4. The molecule has 1 amide bonds. The Kier molecular flexibility index (Phi) is 7.80. The second-order valence-corrected chi connectivity index (χ2v) is 15.1. The number of hydrogen-bond donors (Lipinski definition) is 1. The number of ether oxygens (including phenoxy) is 2. The largest absolute Gasteiger partial charge is 0.497 e. The molecule has 0 radical (unpaired) electrons. The topological polar surface area (TPSA) is 59.0 Å². The quantitative estimate of drug-likeness (QED) is 0.535. The van der Waals surface area contributed by atoms with Gasteiger partial charge in [0.1, 0.15) is 5.75 Å². The van der Waals surface area contributed by atoms with Gasteiger partial charge in [-0.05, 0) is 67.0 Å². The van der Waals surface area contributed by atoms with E-state index in [1.165, 1.54) is 10.8 Å². The Morgan fingerprint density at radius 1 is 1.12 bits per heavy atom. The van der Waals surface area contributed by atoms with Crippen LogP contribution in [0.15, 0.2) is 48.5 Å². The standard InChI is InChI=1S/C28H39NO4Si/c1-20-25(15-10-21-7-5-8-22(19-21)29-17-6-9-27(29)31)33-26(16-18-30)28(20)34(3,4)24-13-11-23(32-2)12-14-24/h5,7-8,11-14,19-20,25-26,28,30H,6,9-10,15-18H2,1-4H3/t20-,25+,26-,28+/m0/s1. The van der Waals surface area contributed by atoms with E-state index in [0.29, 0.717) is 24.3 Å². The average Bonchev–Trinajstić information content (AvgIpc) is 3.41. The molecule has 0 spiro atoms. The summed E-state index contributed by atoms with van der Waals surface area (Å²) < 4.78 is 12.0. The summed E-state index contributed by atoms with van der Waals surface area (Å²) in [5.41, 5.74) is 2.71. The van der Waals surface area contributed by atoms with E-state index in [9.17, 15) is 9.90 Å². The number of aryl methyl sites for hydroxylation is 1. The van der Waals surface area contributed by atoms with Gasteiger partial charge in [0.2, 0.25) is 5.91 Å². The van der Waals surface area contributed by atoms with Gasteiger partial charge >= 0.3 is 0 Å². The van der Waals surface area contributed by atoms with E-state index in [0.717, 1.165) is 37.2 Å². The number of carbonyl (C=O) groups excluding carboxylic acids is 1. The fourth-order valence-electron chi connectivity index (χ4n) is 6.15. The fourth-order valence-corrected chi connectivity index (χ4v) is 10.3. The molecule has 2 aromatic carbocycles. The highest BCUT2D eigenvalue weighted by Gasteiger charge is 2.50. The van der Waals surface area contributed by atoms with Gasteiger partial charge in [-0.15, -0.1) is 0 Å². The van der Waals surface area contributed by atoms with E-state index in [1.807, 2.05) is 11.0 Å². The van der Waals surface area contributed by atoms with Crippen LogP contribution in [0.4, 0.5) is 5.69 Å². The molecule has 4 atom stereocenters. The lowest BCUT2D eigenvalue weighted by atomic mass is 9.95. The summed E-state index contributed by atoms with van der Waals surface area (Å²) in [6, 6.07) is 17.0. The van der Waals surface area contributed by atoms with E-state index < -0.39 is 8.07 Å². The van der Waals surface area contributed by atoms with Crippen LogP contribution in [-0.2, 0) is 16.0 Å². The maximum Gasteiger partial charge on any atom is 0.227 e. The van der Waals surface area contributed by atoms with Crippen molar-refractivity contribution in [1.29, 1.82) is 0 Å². The zero-order chi connectivity index (χ0) is 24.3. The molecule has 4 rings (SSSR count). The summed E-state index contributed by atoms with van der Waals surface area (Å²) in [5, 5.41) is 11.2. The number of benzene rings is 2. The van der Waals surface area contributed by atoms with Crippen LogP contribution in [-0.4, -0.2) is 51.6 Å². The third-order valence-electron chi connectivity index (χ3n) is 8.00. The SMILES string of the molecule is COc1ccc([Si](C)(C)[C@@H]2[C@@H](C)[C@@H](CCc3cccc(N4CCCC4=O)c3)O[C@H]2CCO)cc1. The molecule has 5 nitrogen and oxygen atoms in total. The van der Waals surface area contributed by atoms with Crippen LogP contribution in [0.2, 0.25) is 18.6 Å². The van der Waals surface area contributed by atoms with Crippen molar-refractivity contribution >= 4 is 24.9 Å². The highest BCUT2D eigenvalue weighted by Crippen LogP contribution is 2.46. The molecule has 34 heavy (non-hydrogen) atoms. The van der Waals surface area contributed by atoms with Crippen LogP contribution in [0.25, 0.3) is 0 Å². The third-order valence-corrected chi connectivity index (χ3v) is 12.4. The van der Waals surface area contributed by atoms with Crippen molar-refractivity contribution in [3.8, 4) is 5.75 Å². The van der Waals surface area contributed by atoms with Crippen molar-refractivity contribution in [3.05, 3.63) is 54.1 Å². The van der Waals surface area contributed by atoms with Crippen LogP contribution in [0.1, 0.15) is 38.2 Å². The average molecular weight is 482 g/mol. The van der Waals surface area contributed by atoms with Crippen LogP contribution >= 0.6 is 0 Å². The van der Waals surface area contributed by atoms with Gasteiger partial charge in [0, 0.05) is 25.3 Å². The molecule has 2 aromatic rings. The number of amides is 1. The van der Waals surface area contributed by atoms with Gasteiger partial charge in [-0.3, -0.25) is 4.79 Å². The first kappa shape index (κ1) is 25.0. The maximum absolute atomic E-state index is 12.2. The van der Waals surface area contributed by atoms with Gasteiger partial charge in [0.15, 0.2) is 0 Å². The number of carbonyl (C=O) groups is 1. The molecule has 2 heterocycles. The monoisotopic (exact) mass is 481 g/mol. The molecule has 184 valence electrons. The zero-order valence-electron chi connectivity index (χ0n) is 21.0. The second-order valence-electron chi connectivity index (χ2n) is 10.4. The van der Waals surface area contributed by atoms with Gasteiger partial charge in [-0.25, -0.2) is 0 Å². The third kappa shape index (κ3) is 5.09. The second kappa shape index (κ2) is 10.6. The lowest BCUT2D eigenvalue weighted by Gasteiger charge is -2.36. The normalized spacial score (nSPS) is 25.2. The minimum Gasteiger partial charge on any atom is -0.497 e. The summed E-state index contributed by atoms with van der Waals surface area (Å²) in [7, 11) is -0.166. The Balaban J connectivity index is 1.48. The summed E-state index contributed by atoms with van der Waals surface area (Å²) in [6.45, 7) is 8.18. The summed E-state index contributed by atoms with van der Waals surface area (Å²) in [5.74, 6) is 1.53. The number of aliphatic hydroxyl groups excluding tert-OH is 1. The summed E-state index contributed by atoms with van der Waals surface area (Å²) in [6.07, 6.45) is 4.41. The van der Waals surface area contributed by atoms with Crippen molar-refractivity contribution < 1.29 is 19.4 Å². The van der Waals surface area contributed by atoms with E-state index in [4.69, 9.17) is 9.47 Å². The van der Waals surface area contributed by atoms with Crippen LogP contribution < -0.4 is 14.8 Å². The smallest absolute Gasteiger partial charge is 0.227 e. The van der Waals surface area contributed by atoms with E-state index >= 15 is 0 Å². The predicted octanol–water partition coefficient (Wildman–Crippen LogP) is 4.53. The molecular formula is C28H39NO4Si. The molecule has 2 fully saturated rings. The predicted molar refractivity (Wildman–Crippen MR) is 140 cm³/mol. The van der Waals surface area contributed by atoms with Crippen molar-refractivity contribution in [2.45, 2.75) is 69.9 Å². The van der Waals surface area contributed by atoms with Crippen LogP contribution in [0.5, 0.6) is 5.75 Å². The van der Waals surface area contributed by atoms with Crippen molar-refractivity contribution in [3.63, 3.8) is 0 Å². The molecule has 2 aliphatic rings. The molecule has 0 aliphatic carbocycles. The Morgan fingerprint density at radius 2 is 1.88 bits per heavy atom. The highest BCUT2D eigenvalue weighted by molar-refractivity contribution is 6.91. The van der Waals surface area contributed by atoms with Gasteiger partial charge in [0.05, 0.1) is 27.4 Å². The first-order valence-electron chi connectivity index (χ1n) is 12.6. The Morgan fingerprint density at radius 3 is 2.53 bits per heavy atom. The molecule has 0 aromatic heterocycles. The first-order chi connectivity index (χ1) is 16.3. The number of anilines is 1. The van der Waals surface area contributed by atoms with Gasteiger partial charge in [-0.2, -0.15) is 0 Å². The molecule has 0 bridgehead atoms. The van der Waals surface area contributed by atoms with Crippen molar-refractivity contribution in [2.75, 3.05) is 25.2 Å². The lowest BCUT2D eigenvalue weighted by molar-refractivity contribution is -0.117. The Labute approximate surface area is 205 Å². The van der Waals surface area contributed by atoms with E-state index in [2.05, 4.69) is 62.5 Å². The van der Waals surface area contributed by atoms with E-state index in [1.54, 1.807) is 7.11 Å². The molecule has 1 N–H and O–H groups in total. The van der Waals surface area contributed by atoms with Crippen molar-refractivity contribution in [1.82, 2.24) is 0 Å². The van der Waals surface area contributed by atoms with Crippen molar-refractivity contribution in [2.24, 2.45) is 5.92 Å². The number of nitrogens with zero attached hydrogens (tertiary/aromatic N) is 1. The number of methoxy groups -OCH3 is 1. The molecule has 0 saturated carbocycles. The van der Waals surface area contributed by atoms with Crippen LogP contribution in [0.3, 0.4) is 0 Å². The summed E-state index contributed by atoms with van der Waals surface area (Å²) in [4.78, 5) is 14.1. The maximum atomic E-state index is 12.2. The van der Waals surface area contributed by atoms with Gasteiger partial charge in [-0.1, -0.05) is 49.5 Å². The Hall–Kier alpha value is -2.15. The number of rotatable bonds is 9. The zero-order valence-corrected chi connectivity index (χ0v) is 22.0. The van der Waals surface area contributed by atoms with Gasteiger partial charge < -0.3 is 19.5 Å². The highest BCUT2D eigenvalue weighted by atomic mass is 28.3. The molecular weight excluding hydrogens is 442 g/mol. The van der Waals surface area contributed by atoms with Crippen LogP contribution in [0, 0.1) is 5.92 Å². The minimum absolute atomic E-state index is 0.0855. The molecule has 6 heteroatoms. The van der Waals surface area contributed by atoms with E-state index in [-0.39, 0.29) is 24.7 Å². The van der Waals surface area contributed by atoms with Gasteiger partial charge in [0.25, 0.3) is 0 Å². The molecule has 0 unspecified atom stereocenters. The number of aliphatic hydroxyl groups is 1. The fraction of sp³-hybridized carbons (Fsp3) is 0.536.